The molecule has 0 saturated carbocycles. The summed E-state index contributed by atoms with van der Waals surface area (Å²) < 4.78 is 5.25. The van der Waals surface area contributed by atoms with Crippen molar-refractivity contribution in [2.24, 2.45) is 5.41 Å². The van der Waals surface area contributed by atoms with Crippen LogP contribution in [0.15, 0.2) is 24.3 Å². The lowest BCUT2D eigenvalue weighted by Gasteiger charge is -2.28. The van der Waals surface area contributed by atoms with E-state index in [4.69, 9.17) is 4.74 Å². The number of hydrogen-bond donors (Lipinski definition) is 0. The van der Waals surface area contributed by atoms with Crippen molar-refractivity contribution in [1.29, 1.82) is 0 Å². The Labute approximate surface area is 129 Å². The van der Waals surface area contributed by atoms with Crippen LogP contribution in [0, 0.1) is 5.41 Å². The molecule has 1 amide bonds. The number of carbonyl (C=O) groups excluding carboxylic acids is 1. The van der Waals surface area contributed by atoms with Crippen LogP contribution in [0.2, 0.25) is 0 Å². The molecule has 0 spiro atoms. The van der Waals surface area contributed by atoms with Gasteiger partial charge in [-0.2, -0.15) is 0 Å². The van der Waals surface area contributed by atoms with Gasteiger partial charge in [0.25, 0.3) is 0 Å². The first-order valence-electron chi connectivity index (χ1n) is 7.82. The lowest BCUT2D eigenvalue weighted by Crippen LogP contribution is -2.34. The Kier molecular flexibility index (Phi) is 6.73. The average Bonchev–Trinajstić information content (AvgIpc) is 2.46. The summed E-state index contributed by atoms with van der Waals surface area (Å²) in [7, 11) is 1.66. The zero-order valence-corrected chi connectivity index (χ0v) is 14.1. The van der Waals surface area contributed by atoms with E-state index in [9.17, 15) is 4.79 Å². The van der Waals surface area contributed by atoms with Gasteiger partial charge in [0.05, 0.1) is 7.11 Å². The molecule has 0 heterocycles. The molecule has 0 aromatic heterocycles. The van der Waals surface area contributed by atoms with E-state index in [1.807, 2.05) is 29.2 Å². The van der Waals surface area contributed by atoms with Crippen molar-refractivity contribution in [3.05, 3.63) is 29.8 Å². The van der Waals surface area contributed by atoms with Gasteiger partial charge in [-0.25, -0.2) is 0 Å². The van der Waals surface area contributed by atoms with E-state index in [2.05, 4.69) is 27.7 Å². The highest BCUT2D eigenvalue weighted by Gasteiger charge is 2.23. The lowest BCUT2D eigenvalue weighted by atomic mass is 9.86. The fourth-order valence-corrected chi connectivity index (χ4v) is 2.20. The molecule has 1 aromatic rings. The molecule has 0 atom stereocenters. The number of hydrogen-bond acceptors (Lipinski definition) is 2. The standard InChI is InChI=1S/C18H29NO2/c1-6-11-19(17(20)13-18(3,4)7-2)14-15-9-8-10-16(12-15)21-5/h8-10,12H,6-7,11,13-14H2,1-5H3. The van der Waals surface area contributed by atoms with Crippen LogP contribution in [0.1, 0.15) is 52.5 Å². The predicted octanol–water partition coefficient (Wildman–Crippen LogP) is 4.26. The quantitative estimate of drug-likeness (QED) is 0.716. The molecule has 0 fully saturated rings. The minimum atomic E-state index is 0.0669. The third-order valence-electron chi connectivity index (χ3n) is 3.94. The molecular formula is C18H29NO2. The normalized spacial score (nSPS) is 11.3. The molecule has 0 unspecified atom stereocenters. The first-order chi connectivity index (χ1) is 9.91. The van der Waals surface area contributed by atoms with E-state index in [1.165, 1.54) is 0 Å². The fraction of sp³-hybridized carbons (Fsp3) is 0.611. The molecule has 1 rings (SSSR count). The monoisotopic (exact) mass is 291 g/mol. The Bertz CT molecular complexity index is 454. The fourth-order valence-electron chi connectivity index (χ4n) is 2.20. The van der Waals surface area contributed by atoms with Crippen LogP contribution < -0.4 is 4.74 Å². The second-order valence-electron chi connectivity index (χ2n) is 6.36. The van der Waals surface area contributed by atoms with Gasteiger partial charge in [-0.3, -0.25) is 4.79 Å². The number of benzene rings is 1. The Hall–Kier alpha value is -1.51. The minimum Gasteiger partial charge on any atom is -0.497 e. The second-order valence-corrected chi connectivity index (χ2v) is 6.36. The maximum Gasteiger partial charge on any atom is 0.223 e. The van der Waals surface area contributed by atoms with Crippen LogP contribution in [0.5, 0.6) is 5.75 Å². The smallest absolute Gasteiger partial charge is 0.223 e. The van der Waals surface area contributed by atoms with Crippen molar-refractivity contribution in [1.82, 2.24) is 4.90 Å². The molecular weight excluding hydrogens is 262 g/mol. The Morgan fingerprint density at radius 1 is 1.29 bits per heavy atom. The molecule has 3 heteroatoms. The number of ether oxygens (including phenoxy) is 1. The van der Waals surface area contributed by atoms with Gasteiger partial charge >= 0.3 is 0 Å². The van der Waals surface area contributed by atoms with E-state index in [-0.39, 0.29) is 11.3 Å². The van der Waals surface area contributed by atoms with E-state index in [0.717, 1.165) is 30.7 Å². The van der Waals surface area contributed by atoms with Crippen LogP contribution in [0.3, 0.4) is 0 Å². The van der Waals surface area contributed by atoms with Crippen LogP contribution in [0.25, 0.3) is 0 Å². The van der Waals surface area contributed by atoms with Gasteiger partial charge in [-0.1, -0.05) is 46.2 Å². The van der Waals surface area contributed by atoms with Crippen molar-refractivity contribution < 1.29 is 9.53 Å². The van der Waals surface area contributed by atoms with Gasteiger partial charge in [0.15, 0.2) is 0 Å². The Balaban J connectivity index is 2.78. The summed E-state index contributed by atoms with van der Waals surface area (Å²) in [6, 6.07) is 7.94. The zero-order valence-electron chi connectivity index (χ0n) is 14.1. The number of rotatable bonds is 8. The number of methoxy groups -OCH3 is 1. The highest BCUT2D eigenvalue weighted by atomic mass is 16.5. The third-order valence-corrected chi connectivity index (χ3v) is 3.94. The largest absolute Gasteiger partial charge is 0.497 e. The summed E-state index contributed by atoms with van der Waals surface area (Å²) in [5.41, 5.74) is 1.18. The van der Waals surface area contributed by atoms with Crippen molar-refractivity contribution in [2.45, 2.75) is 53.5 Å². The molecule has 0 aliphatic carbocycles. The topological polar surface area (TPSA) is 29.5 Å². The number of carbonyl (C=O) groups is 1. The first-order valence-corrected chi connectivity index (χ1v) is 7.82. The molecule has 0 aliphatic rings. The molecule has 0 radical (unpaired) electrons. The van der Waals surface area contributed by atoms with E-state index >= 15 is 0 Å². The molecule has 0 saturated heterocycles. The van der Waals surface area contributed by atoms with Crippen LogP contribution >= 0.6 is 0 Å². The van der Waals surface area contributed by atoms with Gasteiger partial charge in [0, 0.05) is 19.5 Å². The van der Waals surface area contributed by atoms with Crippen molar-refractivity contribution >= 4 is 5.91 Å². The summed E-state index contributed by atoms with van der Waals surface area (Å²) in [5, 5.41) is 0. The molecule has 1 aromatic carbocycles. The van der Waals surface area contributed by atoms with Crippen molar-refractivity contribution in [3.63, 3.8) is 0 Å². The summed E-state index contributed by atoms with van der Waals surface area (Å²) in [4.78, 5) is 14.5. The lowest BCUT2D eigenvalue weighted by molar-refractivity contribution is -0.134. The zero-order chi connectivity index (χ0) is 15.9. The summed E-state index contributed by atoms with van der Waals surface area (Å²) in [6.07, 6.45) is 2.59. The van der Waals surface area contributed by atoms with E-state index < -0.39 is 0 Å². The third kappa shape index (κ3) is 5.78. The van der Waals surface area contributed by atoms with Gasteiger partial charge in [0.2, 0.25) is 5.91 Å². The second kappa shape index (κ2) is 8.06. The molecule has 118 valence electrons. The average molecular weight is 291 g/mol. The summed E-state index contributed by atoms with van der Waals surface area (Å²) >= 11 is 0. The maximum atomic E-state index is 12.6. The molecule has 21 heavy (non-hydrogen) atoms. The number of amides is 1. The van der Waals surface area contributed by atoms with E-state index in [0.29, 0.717) is 13.0 Å². The Morgan fingerprint density at radius 2 is 2.00 bits per heavy atom. The van der Waals surface area contributed by atoms with Crippen LogP contribution in [0.4, 0.5) is 0 Å². The molecule has 0 aliphatic heterocycles. The summed E-state index contributed by atoms with van der Waals surface area (Å²) in [6.45, 7) is 10.0. The highest BCUT2D eigenvalue weighted by molar-refractivity contribution is 5.76. The van der Waals surface area contributed by atoms with Crippen molar-refractivity contribution in [2.75, 3.05) is 13.7 Å². The van der Waals surface area contributed by atoms with Crippen LogP contribution in [-0.2, 0) is 11.3 Å². The molecule has 3 nitrogen and oxygen atoms in total. The Morgan fingerprint density at radius 3 is 2.57 bits per heavy atom. The summed E-state index contributed by atoms with van der Waals surface area (Å²) in [5.74, 6) is 1.08. The SMILES string of the molecule is CCCN(Cc1cccc(OC)c1)C(=O)CC(C)(C)CC. The van der Waals surface area contributed by atoms with Gasteiger partial charge in [-0.15, -0.1) is 0 Å². The first kappa shape index (κ1) is 17.5. The van der Waals surface area contributed by atoms with Gasteiger partial charge in [-0.05, 0) is 29.5 Å². The van der Waals surface area contributed by atoms with Gasteiger partial charge in [0.1, 0.15) is 5.75 Å². The maximum absolute atomic E-state index is 12.6. The molecule has 0 N–H and O–H groups in total. The van der Waals surface area contributed by atoms with Crippen molar-refractivity contribution in [3.8, 4) is 5.75 Å². The predicted molar refractivity (Wildman–Crippen MR) is 87.4 cm³/mol. The minimum absolute atomic E-state index is 0.0669. The highest BCUT2D eigenvalue weighted by Crippen LogP contribution is 2.26. The van der Waals surface area contributed by atoms with Gasteiger partial charge < -0.3 is 9.64 Å². The van der Waals surface area contributed by atoms with E-state index in [1.54, 1.807) is 7.11 Å². The molecule has 0 bridgehead atoms. The number of nitrogens with zero attached hydrogens (tertiary/aromatic N) is 1. The van der Waals surface area contributed by atoms with Crippen LogP contribution in [-0.4, -0.2) is 24.5 Å².